The third-order valence-corrected chi connectivity index (χ3v) is 1.82. The molecule has 0 aliphatic rings. The van der Waals surface area contributed by atoms with Crippen LogP contribution in [0.5, 0.6) is 0 Å². The average molecular weight is 185 g/mol. The second-order valence-corrected chi connectivity index (χ2v) is 4.35. The Kier molecular flexibility index (Phi) is 6.87. The molecule has 0 fully saturated rings. The van der Waals surface area contributed by atoms with Crippen LogP contribution < -0.4 is 5.32 Å². The van der Waals surface area contributed by atoms with E-state index in [2.05, 4.69) is 33.0 Å². The van der Waals surface area contributed by atoms with Gasteiger partial charge in [0.2, 0.25) is 0 Å². The van der Waals surface area contributed by atoms with Gasteiger partial charge in [-0.15, -0.1) is 0 Å². The van der Waals surface area contributed by atoms with Crippen LogP contribution in [-0.2, 0) is 4.79 Å². The summed E-state index contributed by atoms with van der Waals surface area (Å²) in [5, 5.41) is 3.30. The largest absolute Gasteiger partial charge is 0.315 e. The summed E-state index contributed by atoms with van der Waals surface area (Å²) in [6.07, 6.45) is 2.45. The normalized spacial score (nSPS) is 11.2. The molecule has 0 aromatic carbocycles. The Balaban J connectivity index is 3.27. The lowest BCUT2D eigenvalue weighted by Gasteiger charge is -2.07. The molecule has 78 valence electrons. The number of carbonyl (C=O) groups excluding carboxylic acids is 1. The topological polar surface area (TPSA) is 29.1 Å². The van der Waals surface area contributed by atoms with E-state index < -0.39 is 0 Å². The van der Waals surface area contributed by atoms with E-state index in [1.54, 1.807) is 0 Å². The number of carbonyl (C=O) groups is 1. The van der Waals surface area contributed by atoms with E-state index in [-0.39, 0.29) is 0 Å². The van der Waals surface area contributed by atoms with E-state index in [0.717, 1.165) is 25.8 Å². The molecular weight excluding hydrogens is 162 g/mol. The highest BCUT2D eigenvalue weighted by atomic mass is 16.1. The summed E-state index contributed by atoms with van der Waals surface area (Å²) in [5.41, 5.74) is 0. The lowest BCUT2D eigenvalue weighted by Crippen LogP contribution is -2.24. The summed E-state index contributed by atoms with van der Waals surface area (Å²) in [5.74, 6) is 0.908. The minimum Gasteiger partial charge on any atom is -0.315 e. The summed E-state index contributed by atoms with van der Waals surface area (Å²) in [6.45, 7) is 9.38. The van der Waals surface area contributed by atoms with Gasteiger partial charge in [0.15, 0.2) is 0 Å². The van der Waals surface area contributed by atoms with Gasteiger partial charge in [-0.25, -0.2) is 0 Å². The molecule has 0 saturated carbocycles. The van der Waals surface area contributed by atoms with Crippen LogP contribution in [0.3, 0.4) is 0 Å². The van der Waals surface area contributed by atoms with Gasteiger partial charge in [-0.05, 0) is 18.9 Å². The molecule has 0 spiro atoms. The molecule has 0 unspecified atom stereocenters. The van der Waals surface area contributed by atoms with Gasteiger partial charge in [0, 0.05) is 18.9 Å². The van der Waals surface area contributed by atoms with Crippen LogP contribution in [0.1, 0.15) is 47.0 Å². The van der Waals surface area contributed by atoms with E-state index in [1.165, 1.54) is 0 Å². The number of ketones is 1. The van der Waals surface area contributed by atoms with Crippen molar-refractivity contribution in [3.05, 3.63) is 0 Å². The molecule has 0 aliphatic carbocycles. The molecule has 0 rings (SSSR count). The number of rotatable bonds is 7. The highest BCUT2D eigenvalue weighted by Crippen LogP contribution is 2.03. The minimum absolute atomic E-state index is 0.403. The van der Waals surface area contributed by atoms with Gasteiger partial charge in [-0.2, -0.15) is 0 Å². The summed E-state index contributed by atoms with van der Waals surface area (Å²) in [7, 11) is 0. The molecule has 0 amide bonds. The monoisotopic (exact) mass is 185 g/mol. The van der Waals surface area contributed by atoms with Crippen LogP contribution in [0.15, 0.2) is 0 Å². The van der Waals surface area contributed by atoms with Gasteiger partial charge in [-0.3, -0.25) is 4.79 Å². The van der Waals surface area contributed by atoms with Crippen molar-refractivity contribution in [2.45, 2.75) is 53.0 Å². The first-order valence-corrected chi connectivity index (χ1v) is 5.27. The fourth-order valence-electron chi connectivity index (χ4n) is 1.23. The summed E-state index contributed by atoms with van der Waals surface area (Å²) >= 11 is 0. The zero-order chi connectivity index (χ0) is 10.3. The number of hydrogen-bond donors (Lipinski definition) is 1. The molecule has 2 heteroatoms. The van der Waals surface area contributed by atoms with Crippen LogP contribution in [0.25, 0.3) is 0 Å². The van der Waals surface area contributed by atoms with Crippen LogP contribution in [0.4, 0.5) is 0 Å². The molecule has 0 aromatic rings. The van der Waals surface area contributed by atoms with Gasteiger partial charge in [0.25, 0.3) is 0 Å². The Morgan fingerprint density at radius 3 is 2.31 bits per heavy atom. The van der Waals surface area contributed by atoms with Crippen molar-refractivity contribution in [1.29, 1.82) is 0 Å². The van der Waals surface area contributed by atoms with Gasteiger partial charge < -0.3 is 5.32 Å². The van der Waals surface area contributed by atoms with Crippen molar-refractivity contribution in [3.8, 4) is 0 Å². The second kappa shape index (κ2) is 7.07. The van der Waals surface area contributed by atoms with Crippen LogP contribution in [0, 0.1) is 5.92 Å². The first-order valence-electron chi connectivity index (χ1n) is 5.27. The molecule has 0 aromatic heterocycles. The second-order valence-electron chi connectivity index (χ2n) is 4.35. The number of nitrogens with one attached hydrogen (secondary N) is 1. The lowest BCUT2D eigenvalue weighted by atomic mass is 10.0. The number of Topliss-reactive ketones (excluding diaryl/α,β-unsaturated/α-hetero) is 1. The Labute approximate surface area is 82.1 Å². The maximum Gasteiger partial charge on any atom is 0.133 e. The predicted octanol–water partition coefficient (Wildman–Crippen LogP) is 2.38. The molecular formula is C11H23NO. The lowest BCUT2D eigenvalue weighted by molar-refractivity contribution is -0.119. The molecule has 0 aliphatic heterocycles. The third-order valence-electron chi connectivity index (χ3n) is 1.82. The van der Waals surface area contributed by atoms with Crippen LogP contribution in [-0.4, -0.2) is 18.4 Å². The van der Waals surface area contributed by atoms with Crippen molar-refractivity contribution in [2.24, 2.45) is 5.92 Å². The standard InChI is InChI=1S/C11H23NO/c1-9(2)8-11(13)6-5-7-12-10(3)4/h9-10,12H,5-8H2,1-4H3. The fourth-order valence-corrected chi connectivity index (χ4v) is 1.23. The minimum atomic E-state index is 0.403. The van der Waals surface area contributed by atoms with Gasteiger partial charge >= 0.3 is 0 Å². The maximum absolute atomic E-state index is 11.3. The summed E-state index contributed by atoms with van der Waals surface area (Å²) in [6, 6.07) is 0.528. The Morgan fingerprint density at radius 1 is 1.23 bits per heavy atom. The Hall–Kier alpha value is -0.370. The zero-order valence-corrected chi connectivity index (χ0v) is 9.39. The highest BCUT2D eigenvalue weighted by molar-refractivity contribution is 5.78. The predicted molar refractivity (Wildman–Crippen MR) is 56.8 cm³/mol. The Bertz CT molecular complexity index is 141. The molecule has 0 saturated heterocycles. The van der Waals surface area contributed by atoms with Crippen molar-refractivity contribution < 1.29 is 4.79 Å². The molecule has 2 nitrogen and oxygen atoms in total. The van der Waals surface area contributed by atoms with Crippen molar-refractivity contribution in [2.75, 3.05) is 6.54 Å². The zero-order valence-electron chi connectivity index (χ0n) is 9.39. The van der Waals surface area contributed by atoms with E-state index in [1.807, 2.05) is 0 Å². The van der Waals surface area contributed by atoms with Crippen molar-refractivity contribution in [3.63, 3.8) is 0 Å². The third kappa shape index (κ3) is 9.54. The molecule has 0 bridgehead atoms. The van der Waals surface area contributed by atoms with Crippen molar-refractivity contribution in [1.82, 2.24) is 5.32 Å². The number of hydrogen-bond acceptors (Lipinski definition) is 2. The fraction of sp³-hybridized carbons (Fsp3) is 0.909. The first-order chi connectivity index (χ1) is 6.02. The molecule has 0 heterocycles. The van der Waals surface area contributed by atoms with Crippen LogP contribution >= 0.6 is 0 Å². The van der Waals surface area contributed by atoms with E-state index in [0.29, 0.717) is 17.7 Å². The van der Waals surface area contributed by atoms with Gasteiger partial charge in [-0.1, -0.05) is 27.7 Å². The quantitative estimate of drug-likeness (QED) is 0.617. The van der Waals surface area contributed by atoms with E-state index in [9.17, 15) is 4.79 Å². The van der Waals surface area contributed by atoms with E-state index >= 15 is 0 Å². The van der Waals surface area contributed by atoms with Crippen LogP contribution in [0.2, 0.25) is 0 Å². The molecule has 0 radical (unpaired) electrons. The maximum atomic E-state index is 11.3. The highest BCUT2D eigenvalue weighted by Gasteiger charge is 2.04. The van der Waals surface area contributed by atoms with Crippen molar-refractivity contribution >= 4 is 5.78 Å². The van der Waals surface area contributed by atoms with Gasteiger partial charge in [0.05, 0.1) is 0 Å². The summed E-state index contributed by atoms with van der Waals surface area (Å²) < 4.78 is 0. The van der Waals surface area contributed by atoms with Gasteiger partial charge in [0.1, 0.15) is 5.78 Å². The molecule has 13 heavy (non-hydrogen) atoms. The SMILES string of the molecule is CC(C)CC(=O)CCCNC(C)C. The first kappa shape index (κ1) is 12.6. The smallest absolute Gasteiger partial charge is 0.133 e. The molecule has 1 N–H and O–H groups in total. The van der Waals surface area contributed by atoms with E-state index in [4.69, 9.17) is 0 Å². The average Bonchev–Trinajstić information content (AvgIpc) is 1.96. The Morgan fingerprint density at radius 2 is 1.85 bits per heavy atom. The summed E-state index contributed by atoms with van der Waals surface area (Å²) in [4.78, 5) is 11.3. The molecule has 0 atom stereocenters.